The van der Waals surface area contributed by atoms with Gasteiger partial charge >= 0.3 is 0 Å². The Balaban J connectivity index is 2.51. The Bertz CT molecular complexity index is 667. The van der Waals surface area contributed by atoms with Crippen LogP contribution in [0.15, 0.2) is 36.4 Å². The molecule has 0 aromatic heterocycles. The van der Waals surface area contributed by atoms with E-state index in [1.807, 2.05) is 24.3 Å². The highest BCUT2D eigenvalue weighted by molar-refractivity contribution is 5.45. The van der Waals surface area contributed by atoms with Crippen LogP contribution in [0.25, 0.3) is 0 Å². The molecule has 0 amide bonds. The number of phenolic OH excluding ortho intramolecular Hbond substituents is 2. The Morgan fingerprint density at radius 2 is 0.958 bits per heavy atom. The van der Waals surface area contributed by atoms with E-state index in [9.17, 15) is 10.2 Å². The van der Waals surface area contributed by atoms with Crippen molar-refractivity contribution in [2.75, 3.05) is 0 Å². The molecular weight excluding hydrogens is 296 g/mol. The van der Waals surface area contributed by atoms with Crippen LogP contribution in [-0.2, 0) is 10.8 Å². The first-order valence-corrected chi connectivity index (χ1v) is 8.57. The van der Waals surface area contributed by atoms with E-state index in [1.54, 1.807) is 0 Å². The van der Waals surface area contributed by atoms with Crippen LogP contribution >= 0.6 is 0 Å². The second-order valence-electron chi connectivity index (χ2n) is 8.85. The van der Waals surface area contributed by atoms with Crippen molar-refractivity contribution in [2.24, 2.45) is 0 Å². The molecule has 0 spiro atoms. The molecule has 0 aliphatic rings. The van der Waals surface area contributed by atoms with E-state index in [0.717, 1.165) is 22.3 Å². The first kappa shape index (κ1) is 18.4. The Hall–Kier alpha value is -1.96. The SMILES string of the molecule is CC(c1cc(O)cc(C(C)(C)C)c1)c1cc(O)cc(C(C)(C)C)c1. The number of benzene rings is 2. The van der Waals surface area contributed by atoms with Gasteiger partial charge in [0.05, 0.1) is 0 Å². The number of rotatable bonds is 2. The predicted octanol–water partition coefficient (Wildman–Crippen LogP) is 5.84. The average molecular weight is 326 g/mol. The molecule has 130 valence electrons. The van der Waals surface area contributed by atoms with E-state index >= 15 is 0 Å². The summed E-state index contributed by atoms with van der Waals surface area (Å²) in [6, 6.07) is 11.6. The quantitative estimate of drug-likeness (QED) is 0.727. The molecule has 0 atom stereocenters. The zero-order valence-corrected chi connectivity index (χ0v) is 15.9. The van der Waals surface area contributed by atoms with Gasteiger partial charge in [-0.15, -0.1) is 0 Å². The molecular formula is C22H30O2. The van der Waals surface area contributed by atoms with Crippen LogP contribution in [0.2, 0.25) is 0 Å². The van der Waals surface area contributed by atoms with Crippen LogP contribution in [0.4, 0.5) is 0 Å². The molecule has 24 heavy (non-hydrogen) atoms. The molecule has 2 aromatic carbocycles. The van der Waals surface area contributed by atoms with Crippen LogP contribution in [0.5, 0.6) is 11.5 Å². The highest BCUT2D eigenvalue weighted by Gasteiger charge is 2.20. The Labute approximate surface area is 146 Å². The molecule has 0 unspecified atom stereocenters. The zero-order valence-electron chi connectivity index (χ0n) is 15.9. The van der Waals surface area contributed by atoms with Crippen molar-refractivity contribution in [2.45, 2.75) is 65.2 Å². The minimum atomic E-state index is -0.0252. The normalized spacial score (nSPS) is 12.7. The molecule has 0 aliphatic heterocycles. The van der Waals surface area contributed by atoms with E-state index in [-0.39, 0.29) is 16.7 Å². The van der Waals surface area contributed by atoms with Gasteiger partial charge in [0.2, 0.25) is 0 Å². The smallest absolute Gasteiger partial charge is 0.116 e. The second-order valence-corrected chi connectivity index (χ2v) is 8.85. The van der Waals surface area contributed by atoms with Gasteiger partial charge in [0.1, 0.15) is 11.5 Å². The van der Waals surface area contributed by atoms with Crippen LogP contribution in [0.1, 0.15) is 76.6 Å². The fourth-order valence-electron chi connectivity index (χ4n) is 2.83. The summed E-state index contributed by atoms with van der Waals surface area (Å²) in [5.41, 5.74) is 4.29. The largest absolute Gasteiger partial charge is 0.508 e. The van der Waals surface area contributed by atoms with Gasteiger partial charge in [-0.1, -0.05) is 60.6 Å². The van der Waals surface area contributed by atoms with E-state index < -0.39 is 0 Å². The minimum absolute atomic E-state index is 0.0252. The van der Waals surface area contributed by atoms with Gasteiger partial charge in [-0.25, -0.2) is 0 Å². The third-order valence-corrected chi connectivity index (χ3v) is 4.61. The molecule has 2 aromatic rings. The van der Waals surface area contributed by atoms with Gasteiger partial charge in [0, 0.05) is 5.92 Å². The fourth-order valence-corrected chi connectivity index (χ4v) is 2.83. The van der Waals surface area contributed by atoms with Gasteiger partial charge in [-0.05, 0) is 57.3 Å². The maximum absolute atomic E-state index is 10.1. The third-order valence-electron chi connectivity index (χ3n) is 4.61. The van der Waals surface area contributed by atoms with Crippen LogP contribution in [0.3, 0.4) is 0 Å². The lowest BCUT2D eigenvalue weighted by molar-refractivity contribution is 0.468. The Morgan fingerprint density at radius 1 is 0.625 bits per heavy atom. The first-order valence-electron chi connectivity index (χ1n) is 8.57. The van der Waals surface area contributed by atoms with E-state index in [1.165, 1.54) is 0 Å². The van der Waals surface area contributed by atoms with Crippen LogP contribution in [0, 0.1) is 0 Å². The van der Waals surface area contributed by atoms with Gasteiger partial charge in [-0.3, -0.25) is 0 Å². The van der Waals surface area contributed by atoms with Crippen molar-refractivity contribution in [1.82, 2.24) is 0 Å². The van der Waals surface area contributed by atoms with Gasteiger partial charge in [0.15, 0.2) is 0 Å². The molecule has 2 N–H and O–H groups in total. The standard InChI is InChI=1S/C22H30O2/c1-14(15-8-17(21(2,3)4)12-19(23)10-15)16-9-18(22(5,6)7)13-20(24)11-16/h8-14,23-24H,1-7H3. The lowest BCUT2D eigenvalue weighted by Crippen LogP contribution is -2.13. The van der Waals surface area contributed by atoms with Crippen molar-refractivity contribution >= 4 is 0 Å². The third kappa shape index (κ3) is 4.11. The summed E-state index contributed by atoms with van der Waals surface area (Å²) in [5, 5.41) is 20.3. The highest BCUT2D eigenvalue weighted by Crippen LogP contribution is 2.35. The number of hydrogen-bond acceptors (Lipinski definition) is 2. The monoisotopic (exact) mass is 326 g/mol. The molecule has 2 rings (SSSR count). The molecule has 0 saturated carbocycles. The number of hydrogen-bond donors (Lipinski definition) is 2. The van der Waals surface area contributed by atoms with Gasteiger partial charge < -0.3 is 10.2 Å². The topological polar surface area (TPSA) is 40.5 Å². The lowest BCUT2D eigenvalue weighted by Gasteiger charge is -2.24. The molecule has 0 bridgehead atoms. The summed E-state index contributed by atoms with van der Waals surface area (Å²) in [5.74, 6) is 0.673. The van der Waals surface area contributed by atoms with E-state index in [0.29, 0.717) is 11.5 Å². The second kappa shape index (κ2) is 6.16. The van der Waals surface area contributed by atoms with E-state index in [4.69, 9.17) is 0 Å². The summed E-state index contributed by atoms with van der Waals surface area (Å²) in [6.45, 7) is 15.0. The van der Waals surface area contributed by atoms with E-state index in [2.05, 4.69) is 60.6 Å². The van der Waals surface area contributed by atoms with Gasteiger partial charge in [-0.2, -0.15) is 0 Å². The molecule has 0 heterocycles. The summed E-state index contributed by atoms with van der Waals surface area (Å²) in [7, 11) is 0. The average Bonchev–Trinajstić information content (AvgIpc) is 2.43. The molecule has 0 radical (unpaired) electrons. The molecule has 2 heteroatoms. The maximum atomic E-state index is 10.1. The molecule has 0 fully saturated rings. The van der Waals surface area contributed by atoms with Crippen molar-refractivity contribution in [3.63, 3.8) is 0 Å². The van der Waals surface area contributed by atoms with Crippen molar-refractivity contribution in [3.8, 4) is 11.5 Å². The zero-order chi connectivity index (χ0) is 18.3. The molecule has 2 nitrogen and oxygen atoms in total. The van der Waals surface area contributed by atoms with Gasteiger partial charge in [0.25, 0.3) is 0 Å². The summed E-state index contributed by atoms with van der Waals surface area (Å²) >= 11 is 0. The Kier molecular flexibility index (Phi) is 4.72. The summed E-state index contributed by atoms with van der Waals surface area (Å²) in [6.07, 6.45) is 0. The molecule has 0 saturated heterocycles. The van der Waals surface area contributed by atoms with Crippen molar-refractivity contribution in [1.29, 1.82) is 0 Å². The first-order chi connectivity index (χ1) is 10.9. The van der Waals surface area contributed by atoms with Crippen LogP contribution in [-0.4, -0.2) is 10.2 Å². The summed E-state index contributed by atoms with van der Waals surface area (Å²) in [4.78, 5) is 0. The minimum Gasteiger partial charge on any atom is -0.508 e. The van der Waals surface area contributed by atoms with Crippen molar-refractivity contribution in [3.05, 3.63) is 58.7 Å². The number of phenols is 2. The maximum Gasteiger partial charge on any atom is 0.116 e. The van der Waals surface area contributed by atoms with Crippen molar-refractivity contribution < 1.29 is 10.2 Å². The molecule has 0 aliphatic carbocycles. The fraction of sp³-hybridized carbons (Fsp3) is 0.455. The predicted molar refractivity (Wildman–Crippen MR) is 101 cm³/mol. The highest BCUT2D eigenvalue weighted by atomic mass is 16.3. The lowest BCUT2D eigenvalue weighted by atomic mass is 9.81. The Morgan fingerprint density at radius 3 is 1.25 bits per heavy atom. The summed E-state index contributed by atoms with van der Waals surface area (Å²) < 4.78 is 0. The number of aromatic hydroxyl groups is 2. The van der Waals surface area contributed by atoms with Crippen LogP contribution < -0.4 is 0 Å².